The average Bonchev–Trinajstić information content (AvgIpc) is 3.09. The summed E-state index contributed by atoms with van der Waals surface area (Å²) in [5.74, 6) is 1.56. The first-order valence-electron chi connectivity index (χ1n) is 9.09. The van der Waals surface area contributed by atoms with Gasteiger partial charge in [-0.25, -0.2) is 0 Å². The highest BCUT2D eigenvalue weighted by Gasteiger charge is 2.30. The molecule has 0 aliphatic carbocycles. The van der Waals surface area contributed by atoms with Gasteiger partial charge in [-0.15, -0.1) is 24.0 Å². The third kappa shape index (κ3) is 7.41. The zero-order valence-electron chi connectivity index (χ0n) is 16.6. The van der Waals surface area contributed by atoms with E-state index in [4.69, 9.17) is 9.26 Å². The number of aryl methyl sites for hydroxylation is 2. The summed E-state index contributed by atoms with van der Waals surface area (Å²) in [7, 11) is 1.64. The van der Waals surface area contributed by atoms with Crippen molar-refractivity contribution in [2.75, 3.05) is 20.2 Å². The maximum atomic E-state index is 12.7. The summed E-state index contributed by atoms with van der Waals surface area (Å²) in [6, 6.07) is 4.81. The fourth-order valence-corrected chi connectivity index (χ4v) is 2.63. The highest BCUT2D eigenvalue weighted by atomic mass is 127. The number of halogens is 4. The van der Waals surface area contributed by atoms with Crippen LogP contribution < -0.4 is 15.4 Å². The van der Waals surface area contributed by atoms with E-state index in [0.717, 1.165) is 42.0 Å². The molecule has 2 N–H and O–H groups in total. The summed E-state index contributed by atoms with van der Waals surface area (Å²) in [5, 5.41) is 10.3. The first kappa shape index (κ1) is 25.1. The van der Waals surface area contributed by atoms with Gasteiger partial charge in [0, 0.05) is 25.6 Å². The van der Waals surface area contributed by atoms with E-state index in [2.05, 4.69) is 20.8 Å². The van der Waals surface area contributed by atoms with Crippen molar-refractivity contribution in [1.82, 2.24) is 15.8 Å². The number of alkyl halides is 3. The lowest BCUT2D eigenvalue weighted by molar-refractivity contribution is -0.137. The number of hydrogen-bond donors (Lipinski definition) is 2. The van der Waals surface area contributed by atoms with Gasteiger partial charge >= 0.3 is 6.18 Å². The van der Waals surface area contributed by atoms with Gasteiger partial charge in [-0.05, 0) is 24.6 Å². The Hall–Kier alpha value is -1.98. The molecule has 0 atom stereocenters. The summed E-state index contributed by atoms with van der Waals surface area (Å²) < 4.78 is 48.9. The van der Waals surface area contributed by atoms with E-state index < -0.39 is 11.7 Å². The smallest absolute Gasteiger partial charge is 0.416 e. The van der Waals surface area contributed by atoms with E-state index in [1.807, 2.05) is 13.8 Å². The molecule has 1 aromatic carbocycles. The van der Waals surface area contributed by atoms with Gasteiger partial charge in [0.05, 0.1) is 17.8 Å². The summed E-state index contributed by atoms with van der Waals surface area (Å²) in [4.78, 5) is 4.13. The van der Waals surface area contributed by atoms with Crippen molar-refractivity contribution in [3.8, 4) is 5.75 Å². The van der Waals surface area contributed by atoms with Crippen LogP contribution in [0.3, 0.4) is 0 Å². The zero-order valence-corrected chi connectivity index (χ0v) is 18.9. The van der Waals surface area contributed by atoms with Gasteiger partial charge in [-0.3, -0.25) is 4.99 Å². The summed E-state index contributed by atoms with van der Waals surface area (Å²) >= 11 is 0. The molecule has 2 rings (SSSR count). The lowest BCUT2D eigenvalue weighted by atomic mass is 10.1. The van der Waals surface area contributed by atoms with Crippen molar-refractivity contribution < 1.29 is 22.4 Å². The maximum Gasteiger partial charge on any atom is 0.416 e. The van der Waals surface area contributed by atoms with Crippen molar-refractivity contribution in [2.24, 2.45) is 4.99 Å². The summed E-state index contributed by atoms with van der Waals surface area (Å²) in [5.41, 5.74) is 1.20. The monoisotopic (exact) mass is 526 g/mol. The Morgan fingerprint density at radius 2 is 1.97 bits per heavy atom. The molecule has 0 fully saturated rings. The summed E-state index contributed by atoms with van der Waals surface area (Å²) in [6.07, 6.45) is -2.86. The van der Waals surface area contributed by atoms with Crippen LogP contribution in [0.1, 0.15) is 36.4 Å². The molecule has 0 bridgehead atoms. The van der Waals surface area contributed by atoms with Crippen LogP contribution >= 0.6 is 24.0 Å². The molecule has 29 heavy (non-hydrogen) atoms. The third-order valence-corrected chi connectivity index (χ3v) is 4.09. The van der Waals surface area contributed by atoms with E-state index in [9.17, 15) is 13.2 Å². The van der Waals surface area contributed by atoms with Crippen LogP contribution in [0.15, 0.2) is 33.8 Å². The number of ether oxygens (including phenoxy) is 1. The first-order valence-corrected chi connectivity index (χ1v) is 9.09. The highest BCUT2D eigenvalue weighted by molar-refractivity contribution is 14.0. The van der Waals surface area contributed by atoms with E-state index in [1.165, 1.54) is 12.1 Å². The Morgan fingerprint density at radius 3 is 2.59 bits per heavy atom. The number of nitrogens with one attached hydrogen (secondary N) is 2. The quantitative estimate of drug-likeness (QED) is 0.234. The lowest BCUT2D eigenvalue weighted by Gasteiger charge is -2.13. The largest absolute Gasteiger partial charge is 0.492 e. The van der Waals surface area contributed by atoms with Gasteiger partial charge in [0.25, 0.3) is 0 Å². The molecule has 10 heteroatoms. The van der Waals surface area contributed by atoms with E-state index in [0.29, 0.717) is 19.0 Å². The Kier molecular flexibility index (Phi) is 10.3. The van der Waals surface area contributed by atoms with Crippen LogP contribution in [-0.4, -0.2) is 31.3 Å². The fourth-order valence-electron chi connectivity index (χ4n) is 2.63. The third-order valence-electron chi connectivity index (χ3n) is 4.09. The van der Waals surface area contributed by atoms with Crippen molar-refractivity contribution in [3.05, 3.63) is 46.8 Å². The van der Waals surface area contributed by atoms with Crippen LogP contribution in [0.4, 0.5) is 13.2 Å². The van der Waals surface area contributed by atoms with Gasteiger partial charge in [-0.1, -0.05) is 25.1 Å². The van der Waals surface area contributed by atoms with Gasteiger partial charge in [0.2, 0.25) is 0 Å². The van der Waals surface area contributed by atoms with E-state index in [-0.39, 0.29) is 36.3 Å². The molecule has 0 saturated carbocycles. The molecule has 0 unspecified atom stereocenters. The van der Waals surface area contributed by atoms with E-state index >= 15 is 0 Å². The van der Waals surface area contributed by atoms with Crippen molar-refractivity contribution in [3.63, 3.8) is 0 Å². The molecule has 0 radical (unpaired) electrons. The topological polar surface area (TPSA) is 71.7 Å². The first-order chi connectivity index (χ1) is 13.4. The molecular formula is C19H26F3IN4O2. The normalized spacial score (nSPS) is 11.7. The molecule has 1 aromatic heterocycles. The molecule has 0 spiro atoms. The second-order valence-corrected chi connectivity index (χ2v) is 5.96. The number of guanidine groups is 1. The van der Waals surface area contributed by atoms with Crippen molar-refractivity contribution in [2.45, 2.75) is 39.4 Å². The highest BCUT2D eigenvalue weighted by Crippen LogP contribution is 2.31. The Labute approximate surface area is 185 Å². The average molecular weight is 526 g/mol. The Bertz CT molecular complexity index is 773. The van der Waals surface area contributed by atoms with Gasteiger partial charge in [0.15, 0.2) is 5.96 Å². The molecule has 2 aromatic rings. The molecule has 0 saturated heterocycles. The molecule has 1 heterocycles. The van der Waals surface area contributed by atoms with Gasteiger partial charge in [-0.2, -0.15) is 13.2 Å². The molecular weight excluding hydrogens is 500 g/mol. The fraction of sp³-hybridized carbons (Fsp3) is 0.474. The SMILES string of the molecule is CCc1noc(CC)c1CNC(=NC)NCCOc1cccc(C(F)(F)F)c1.I. The lowest BCUT2D eigenvalue weighted by Crippen LogP contribution is -2.39. The molecule has 0 aliphatic rings. The van der Waals surface area contributed by atoms with Crippen LogP contribution in [0.5, 0.6) is 5.75 Å². The Balaban J connectivity index is 0.00000420. The number of benzene rings is 1. The number of rotatable bonds is 8. The van der Waals surface area contributed by atoms with E-state index in [1.54, 1.807) is 7.05 Å². The molecule has 0 aliphatic heterocycles. The maximum absolute atomic E-state index is 12.7. The van der Waals surface area contributed by atoms with Crippen molar-refractivity contribution in [1.29, 1.82) is 0 Å². The molecule has 0 amide bonds. The minimum absolute atomic E-state index is 0. The minimum Gasteiger partial charge on any atom is -0.492 e. The second kappa shape index (κ2) is 11.9. The number of hydrogen-bond acceptors (Lipinski definition) is 4. The standard InChI is InChI=1S/C19H25F3N4O2.HI/c1-4-16-15(17(5-2)28-26-16)12-25-18(23-3)24-9-10-27-14-8-6-7-13(11-14)19(20,21)22;/h6-8,11H,4-5,9-10,12H2,1-3H3,(H2,23,24,25);1H. The molecule has 162 valence electrons. The Morgan fingerprint density at radius 1 is 1.21 bits per heavy atom. The molecule has 6 nitrogen and oxygen atoms in total. The predicted octanol–water partition coefficient (Wildman–Crippen LogP) is 4.18. The van der Waals surface area contributed by atoms with Gasteiger partial charge in [0.1, 0.15) is 18.1 Å². The van der Waals surface area contributed by atoms with Crippen molar-refractivity contribution >= 4 is 29.9 Å². The summed E-state index contributed by atoms with van der Waals surface area (Å²) in [6.45, 7) is 5.10. The minimum atomic E-state index is -4.39. The number of nitrogens with zero attached hydrogens (tertiary/aromatic N) is 2. The second-order valence-electron chi connectivity index (χ2n) is 5.96. The van der Waals surface area contributed by atoms with Crippen LogP contribution in [0.2, 0.25) is 0 Å². The number of aromatic nitrogens is 1. The zero-order chi connectivity index (χ0) is 20.6. The van der Waals surface area contributed by atoms with Crippen LogP contribution in [0, 0.1) is 0 Å². The van der Waals surface area contributed by atoms with Gasteiger partial charge < -0.3 is 19.9 Å². The predicted molar refractivity (Wildman–Crippen MR) is 116 cm³/mol. The number of aliphatic imine (C=N–C) groups is 1. The van der Waals surface area contributed by atoms with Crippen LogP contribution in [-0.2, 0) is 25.6 Å². The van der Waals surface area contributed by atoms with Crippen LogP contribution in [0.25, 0.3) is 0 Å².